The normalized spacial score (nSPS) is 12.3. The minimum atomic E-state index is -0.609. The summed E-state index contributed by atoms with van der Waals surface area (Å²) < 4.78 is 4.49. The fourth-order valence-corrected chi connectivity index (χ4v) is 1.46. The van der Waals surface area contributed by atoms with Gasteiger partial charge in [-0.05, 0) is 12.3 Å². The number of hydrogen-bond acceptors (Lipinski definition) is 6. The second kappa shape index (κ2) is 6.83. The lowest BCUT2D eigenvalue weighted by molar-refractivity contribution is -0.139. The molecule has 1 aromatic rings. The van der Waals surface area contributed by atoms with Gasteiger partial charge >= 0.3 is 5.97 Å². The van der Waals surface area contributed by atoms with Gasteiger partial charge < -0.3 is 10.5 Å². The lowest BCUT2D eigenvalue weighted by Crippen LogP contribution is -2.36. The number of carbonyl (C=O) groups is 2. The van der Waals surface area contributed by atoms with Gasteiger partial charge in [0.1, 0.15) is 12.2 Å². The van der Waals surface area contributed by atoms with Gasteiger partial charge in [0, 0.05) is 0 Å². The van der Waals surface area contributed by atoms with E-state index in [1.807, 2.05) is 13.8 Å². The first kappa shape index (κ1) is 15.1. The van der Waals surface area contributed by atoms with Crippen LogP contribution in [0.5, 0.6) is 0 Å². The van der Waals surface area contributed by atoms with Crippen LogP contribution in [0.3, 0.4) is 0 Å². The number of ether oxygens (including phenoxy) is 1. The van der Waals surface area contributed by atoms with Crippen LogP contribution in [0.15, 0.2) is 0 Å². The summed E-state index contributed by atoms with van der Waals surface area (Å²) in [6.07, 6.45) is 0.544. The molecule has 106 valence electrons. The van der Waals surface area contributed by atoms with E-state index in [2.05, 4.69) is 25.2 Å². The van der Waals surface area contributed by atoms with Crippen molar-refractivity contribution in [2.75, 3.05) is 12.4 Å². The molecular formula is C11H19N5O3. The number of aromatic amines is 1. The van der Waals surface area contributed by atoms with Crippen LogP contribution in [0.25, 0.3) is 0 Å². The van der Waals surface area contributed by atoms with E-state index in [4.69, 9.17) is 5.73 Å². The number of esters is 1. The van der Waals surface area contributed by atoms with Crippen molar-refractivity contribution >= 4 is 17.8 Å². The summed E-state index contributed by atoms with van der Waals surface area (Å²) >= 11 is 0. The topological polar surface area (TPSA) is 123 Å². The highest BCUT2D eigenvalue weighted by molar-refractivity contribution is 5.93. The summed E-state index contributed by atoms with van der Waals surface area (Å²) in [5, 5.41) is 8.80. The average molecular weight is 269 g/mol. The van der Waals surface area contributed by atoms with Gasteiger partial charge in [0.15, 0.2) is 0 Å². The van der Waals surface area contributed by atoms with Gasteiger partial charge in [0.2, 0.25) is 11.9 Å². The minimum Gasteiger partial charge on any atom is -0.469 e. The molecule has 1 heterocycles. The van der Waals surface area contributed by atoms with Crippen LogP contribution in [0.1, 0.15) is 26.1 Å². The van der Waals surface area contributed by atoms with Crippen LogP contribution in [0.2, 0.25) is 0 Å². The second-order valence-electron chi connectivity index (χ2n) is 4.58. The Bertz CT molecular complexity index is 443. The molecule has 1 amide bonds. The Morgan fingerprint density at radius 2 is 2.16 bits per heavy atom. The molecule has 0 unspecified atom stereocenters. The van der Waals surface area contributed by atoms with Crippen LogP contribution in [-0.4, -0.2) is 40.2 Å². The molecule has 1 rings (SSSR count). The standard InChI is InChI=1S/C11H19N5O3/c1-6(2)4-7(12)10(18)14-11-13-8(15-16-11)5-9(17)19-3/h6-7H,4-5,12H2,1-3H3,(H2,13,14,15,16,18)/t7-/m0/s1. The van der Waals surface area contributed by atoms with Crippen LogP contribution in [0, 0.1) is 5.92 Å². The number of nitrogens with zero attached hydrogens (tertiary/aromatic N) is 2. The van der Waals surface area contributed by atoms with Crippen molar-refractivity contribution in [1.82, 2.24) is 15.2 Å². The fourth-order valence-electron chi connectivity index (χ4n) is 1.46. The molecule has 0 aliphatic rings. The van der Waals surface area contributed by atoms with Gasteiger partial charge in [-0.25, -0.2) is 0 Å². The number of rotatable bonds is 6. The smallest absolute Gasteiger partial charge is 0.313 e. The minimum absolute atomic E-state index is 0.0303. The molecule has 0 aromatic carbocycles. The van der Waals surface area contributed by atoms with Crippen LogP contribution in [0.4, 0.5) is 5.95 Å². The SMILES string of the molecule is COC(=O)Cc1nc(NC(=O)[C@@H](N)CC(C)C)n[nH]1. The maximum Gasteiger partial charge on any atom is 0.313 e. The molecule has 0 saturated heterocycles. The zero-order valence-corrected chi connectivity index (χ0v) is 11.3. The van der Waals surface area contributed by atoms with E-state index in [0.717, 1.165) is 0 Å². The zero-order valence-electron chi connectivity index (χ0n) is 11.3. The van der Waals surface area contributed by atoms with Crippen LogP contribution in [-0.2, 0) is 20.7 Å². The molecule has 19 heavy (non-hydrogen) atoms. The summed E-state index contributed by atoms with van der Waals surface area (Å²) in [5.74, 6) is -0.0478. The summed E-state index contributed by atoms with van der Waals surface area (Å²) in [4.78, 5) is 26.7. The number of hydrogen-bond donors (Lipinski definition) is 3. The summed E-state index contributed by atoms with van der Waals surface area (Å²) in [5.41, 5.74) is 5.72. The monoisotopic (exact) mass is 269 g/mol. The lowest BCUT2D eigenvalue weighted by Gasteiger charge is -2.12. The quantitative estimate of drug-likeness (QED) is 0.616. The predicted octanol–water partition coefficient (Wildman–Crippen LogP) is -0.168. The molecular weight excluding hydrogens is 250 g/mol. The van der Waals surface area contributed by atoms with Gasteiger partial charge in [-0.1, -0.05) is 13.8 Å². The van der Waals surface area contributed by atoms with Gasteiger partial charge in [-0.2, -0.15) is 4.98 Å². The Labute approximate surface area is 111 Å². The number of anilines is 1. The molecule has 0 saturated carbocycles. The molecule has 1 atom stereocenters. The van der Waals surface area contributed by atoms with Crippen molar-refractivity contribution in [1.29, 1.82) is 0 Å². The van der Waals surface area contributed by atoms with Gasteiger partial charge in [0.05, 0.1) is 13.2 Å². The maximum atomic E-state index is 11.7. The van der Waals surface area contributed by atoms with Crippen LogP contribution >= 0.6 is 0 Å². The van der Waals surface area contributed by atoms with E-state index in [-0.39, 0.29) is 18.3 Å². The molecule has 8 heteroatoms. The number of amides is 1. The number of methoxy groups -OCH3 is 1. The van der Waals surface area contributed by atoms with E-state index >= 15 is 0 Å². The first-order valence-corrected chi connectivity index (χ1v) is 5.97. The van der Waals surface area contributed by atoms with Crippen molar-refractivity contribution in [3.05, 3.63) is 5.82 Å². The first-order valence-electron chi connectivity index (χ1n) is 5.97. The van der Waals surface area contributed by atoms with Crippen molar-refractivity contribution in [2.45, 2.75) is 32.7 Å². The van der Waals surface area contributed by atoms with Gasteiger partial charge in [-0.15, -0.1) is 5.10 Å². The summed E-state index contributed by atoms with van der Waals surface area (Å²) in [6.45, 7) is 3.96. The van der Waals surface area contributed by atoms with E-state index < -0.39 is 12.0 Å². The molecule has 0 spiro atoms. The largest absolute Gasteiger partial charge is 0.469 e. The number of H-pyrrole nitrogens is 1. The Morgan fingerprint density at radius 1 is 1.47 bits per heavy atom. The summed E-state index contributed by atoms with van der Waals surface area (Å²) in [7, 11) is 1.28. The van der Waals surface area contributed by atoms with Gasteiger partial charge in [-0.3, -0.25) is 20.0 Å². The highest BCUT2D eigenvalue weighted by Gasteiger charge is 2.17. The Morgan fingerprint density at radius 3 is 2.74 bits per heavy atom. The molecule has 8 nitrogen and oxygen atoms in total. The van der Waals surface area contributed by atoms with Crippen molar-refractivity contribution in [3.63, 3.8) is 0 Å². The lowest BCUT2D eigenvalue weighted by atomic mass is 10.0. The maximum absolute atomic E-state index is 11.7. The summed E-state index contributed by atoms with van der Waals surface area (Å²) in [6, 6.07) is -0.609. The number of carbonyl (C=O) groups excluding carboxylic acids is 2. The van der Waals surface area contributed by atoms with E-state index in [1.165, 1.54) is 7.11 Å². The zero-order chi connectivity index (χ0) is 14.4. The highest BCUT2D eigenvalue weighted by atomic mass is 16.5. The third kappa shape index (κ3) is 5.04. The number of nitrogens with one attached hydrogen (secondary N) is 2. The van der Waals surface area contributed by atoms with Crippen molar-refractivity contribution in [2.24, 2.45) is 11.7 Å². The van der Waals surface area contributed by atoms with Crippen LogP contribution < -0.4 is 11.1 Å². The Hall–Kier alpha value is -1.96. The molecule has 4 N–H and O–H groups in total. The fraction of sp³-hybridized carbons (Fsp3) is 0.636. The Balaban J connectivity index is 2.53. The Kier molecular flexibility index (Phi) is 5.43. The molecule has 0 radical (unpaired) electrons. The van der Waals surface area contributed by atoms with Gasteiger partial charge in [0.25, 0.3) is 0 Å². The van der Waals surface area contributed by atoms with E-state index in [1.54, 1.807) is 0 Å². The third-order valence-electron chi connectivity index (χ3n) is 2.37. The molecule has 0 aliphatic heterocycles. The molecule has 1 aromatic heterocycles. The number of nitrogens with two attached hydrogens (primary N) is 1. The van der Waals surface area contributed by atoms with E-state index in [0.29, 0.717) is 18.2 Å². The number of aromatic nitrogens is 3. The van der Waals surface area contributed by atoms with Crippen molar-refractivity contribution in [3.8, 4) is 0 Å². The van der Waals surface area contributed by atoms with Crippen molar-refractivity contribution < 1.29 is 14.3 Å². The highest BCUT2D eigenvalue weighted by Crippen LogP contribution is 2.05. The molecule has 0 bridgehead atoms. The van der Waals surface area contributed by atoms with E-state index in [9.17, 15) is 9.59 Å². The first-order chi connectivity index (χ1) is 8.92. The predicted molar refractivity (Wildman–Crippen MR) is 68.2 cm³/mol. The molecule has 0 aliphatic carbocycles. The average Bonchev–Trinajstić information content (AvgIpc) is 2.75. The second-order valence-corrected chi connectivity index (χ2v) is 4.58. The molecule has 0 fully saturated rings. The third-order valence-corrected chi connectivity index (χ3v) is 2.37.